The molecular weight excluding hydrogens is 164 g/mol. The smallest absolute Gasteiger partial charge is 0.151 e. The minimum Gasteiger partial charge on any atom is -0.365 e. The summed E-state index contributed by atoms with van der Waals surface area (Å²) < 4.78 is 0. The molecule has 0 spiro atoms. The average molecular weight is 178 g/mol. The number of hydrogen-bond acceptors (Lipinski definition) is 3. The Morgan fingerprint density at radius 2 is 2.08 bits per heavy atom. The van der Waals surface area contributed by atoms with E-state index in [-0.39, 0.29) is 5.54 Å². The van der Waals surface area contributed by atoms with Crippen LogP contribution in [0, 0.1) is 0 Å². The number of aromatic nitrogens is 1. The van der Waals surface area contributed by atoms with E-state index >= 15 is 0 Å². The second-order valence-corrected chi connectivity index (χ2v) is 3.97. The Kier molecular flexibility index (Phi) is 2.66. The molecule has 1 aromatic rings. The van der Waals surface area contributed by atoms with Crippen molar-refractivity contribution in [1.29, 1.82) is 0 Å². The largest absolute Gasteiger partial charge is 0.365 e. The molecule has 1 aromatic heterocycles. The predicted octanol–water partition coefficient (Wildman–Crippen LogP) is 2.10. The van der Waals surface area contributed by atoms with Gasteiger partial charge in [0.1, 0.15) is 5.82 Å². The molecule has 1 rings (SSSR count). The fourth-order valence-corrected chi connectivity index (χ4v) is 0.933. The Balaban J connectivity index is 2.75. The lowest BCUT2D eigenvalue weighted by molar-refractivity contribution is 0.112. The summed E-state index contributed by atoms with van der Waals surface area (Å²) >= 11 is 0. The van der Waals surface area contributed by atoms with E-state index < -0.39 is 0 Å². The van der Waals surface area contributed by atoms with Crippen LogP contribution in [0.25, 0.3) is 0 Å². The third-order valence-electron chi connectivity index (χ3n) is 1.43. The highest BCUT2D eigenvalue weighted by Crippen LogP contribution is 2.11. The maximum Gasteiger partial charge on any atom is 0.151 e. The molecule has 0 saturated carbocycles. The summed E-state index contributed by atoms with van der Waals surface area (Å²) in [4.78, 5) is 14.4. The molecule has 3 nitrogen and oxygen atoms in total. The topological polar surface area (TPSA) is 42.0 Å². The van der Waals surface area contributed by atoms with Crippen LogP contribution in [0.1, 0.15) is 31.1 Å². The van der Waals surface area contributed by atoms with Gasteiger partial charge in [-0.15, -0.1) is 0 Å². The van der Waals surface area contributed by atoms with Crippen molar-refractivity contribution in [2.24, 2.45) is 0 Å². The molecule has 13 heavy (non-hydrogen) atoms. The van der Waals surface area contributed by atoms with Crippen LogP contribution in [0.3, 0.4) is 0 Å². The lowest BCUT2D eigenvalue weighted by atomic mass is 10.1. The van der Waals surface area contributed by atoms with Crippen LogP contribution >= 0.6 is 0 Å². The van der Waals surface area contributed by atoms with Crippen molar-refractivity contribution in [2.75, 3.05) is 5.32 Å². The average Bonchev–Trinajstić information content (AvgIpc) is 2.03. The Bertz CT molecular complexity index is 285. The van der Waals surface area contributed by atoms with E-state index in [0.29, 0.717) is 5.56 Å². The van der Waals surface area contributed by atoms with Crippen molar-refractivity contribution in [3.05, 3.63) is 23.9 Å². The summed E-state index contributed by atoms with van der Waals surface area (Å²) in [6.07, 6.45) is 2.34. The van der Waals surface area contributed by atoms with Crippen molar-refractivity contribution in [3.8, 4) is 0 Å². The molecule has 0 radical (unpaired) electrons. The third-order valence-corrected chi connectivity index (χ3v) is 1.43. The summed E-state index contributed by atoms with van der Waals surface area (Å²) in [5, 5.41) is 3.21. The number of carbonyl (C=O) groups excluding carboxylic acids is 1. The van der Waals surface area contributed by atoms with E-state index in [9.17, 15) is 4.79 Å². The van der Waals surface area contributed by atoms with Crippen molar-refractivity contribution in [1.82, 2.24) is 4.98 Å². The summed E-state index contributed by atoms with van der Waals surface area (Å²) in [5.41, 5.74) is 0.592. The predicted molar refractivity (Wildman–Crippen MR) is 53.0 cm³/mol. The summed E-state index contributed by atoms with van der Waals surface area (Å²) in [5.74, 6) is 0.790. The van der Waals surface area contributed by atoms with Gasteiger partial charge < -0.3 is 5.32 Å². The lowest BCUT2D eigenvalue weighted by Gasteiger charge is -2.20. The van der Waals surface area contributed by atoms with E-state index in [2.05, 4.69) is 31.1 Å². The van der Waals surface area contributed by atoms with E-state index in [1.807, 2.05) is 0 Å². The molecule has 0 amide bonds. The summed E-state index contributed by atoms with van der Waals surface area (Å²) in [6, 6.07) is 3.54. The number of rotatable bonds is 2. The minimum absolute atomic E-state index is 0.00427. The van der Waals surface area contributed by atoms with Gasteiger partial charge in [0.2, 0.25) is 0 Å². The molecule has 0 atom stereocenters. The lowest BCUT2D eigenvalue weighted by Crippen LogP contribution is -2.26. The van der Waals surface area contributed by atoms with Gasteiger partial charge >= 0.3 is 0 Å². The van der Waals surface area contributed by atoms with Gasteiger partial charge in [-0.25, -0.2) is 4.98 Å². The molecule has 70 valence electrons. The van der Waals surface area contributed by atoms with Gasteiger partial charge in [0, 0.05) is 17.3 Å². The van der Waals surface area contributed by atoms with Crippen molar-refractivity contribution in [2.45, 2.75) is 26.3 Å². The van der Waals surface area contributed by atoms with Gasteiger partial charge in [-0.05, 0) is 32.9 Å². The molecule has 0 saturated heterocycles. The normalized spacial score (nSPS) is 11.0. The molecule has 0 aromatic carbocycles. The van der Waals surface area contributed by atoms with E-state index in [1.54, 1.807) is 18.3 Å². The number of pyridine rings is 1. The van der Waals surface area contributed by atoms with Crippen molar-refractivity contribution < 1.29 is 4.79 Å². The molecule has 0 fully saturated rings. The third kappa shape index (κ3) is 3.23. The van der Waals surface area contributed by atoms with Crippen LogP contribution in [0.2, 0.25) is 0 Å². The van der Waals surface area contributed by atoms with Crippen LogP contribution in [-0.4, -0.2) is 16.8 Å². The van der Waals surface area contributed by atoms with Crippen LogP contribution in [0.5, 0.6) is 0 Å². The molecular formula is C10H14N2O. The first-order valence-electron chi connectivity index (χ1n) is 4.21. The Hall–Kier alpha value is -1.38. The first-order chi connectivity index (χ1) is 6.01. The molecule has 0 bridgehead atoms. The van der Waals surface area contributed by atoms with Crippen molar-refractivity contribution in [3.63, 3.8) is 0 Å². The van der Waals surface area contributed by atoms with Gasteiger partial charge in [0.25, 0.3) is 0 Å². The second kappa shape index (κ2) is 3.56. The van der Waals surface area contributed by atoms with Crippen LogP contribution in [0.4, 0.5) is 5.82 Å². The molecule has 0 unspecified atom stereocenters. The molecule has 0 aliphatic rings. The van der Waals surface area contributed by atoms with Gasteiger partial charge in [-0.2, -0.15) is 0 Å². The van der Waals surface area contributed by atoms with Gasteiger partial charge in [0.15, 0.2) is 6.29 Å². The first kappa shape index (κ1) is 9.71. The fourth-order valence-electron chi connectivity index (χ4n) is 0.933. The highest BCUT2D eigenvalue weighted by molar-refractivity contribution is 5.74. The number of hydrogen-bond donors (Lipinski definition) is 1. The maximum atomic E-state index is 10.3. The molecule has 0 aliphatic heterocycles. The maximum absolute atomic E-state index is 10.3. The Morgan fingerprint density at radius 1 is 1.38 bits per heavy atom. The van der Waals surface area contributed by atoms with Gasteiger partial charge in [0.05, 0.1) is 0 Å². The standard InChI is InChI=1S/C10H14N2O/c1-10(2,3)12-9-5-4-8(7-13)6-11-9/h4-7H,1-3H3,(H,11,12). The SMILES string of the molecule is CC(C)(C)Nc1ccc(C=O)cn1. The van der Waals surface area contributed by atoms with E-state index in [0.717, 1.165) is 12.1 Å². The van der Waals surface area contributed by atoms with Gasteiger partial charge in [-0.3, -0.25) is 4.79 Å². The van der Waals surface area contributed by atoms with Crippen molar-refractivity contribution >= 4 is 12.1 Å². The Labute approximate surface area is 78.2 Å². The zero-order valence-electron chi connectivity index (χ0n) is 8.16. The number of anilines is 1. The minimum atomic E-state index is -0.00427. The quantitative estimate of drug-likeness (QED) is 0.705. The van der Waals surface area contributed by atoms with E-state index in [4.69, 9.17) is 0 Å². The molecule has 3 heteroatoms. The highest BCUT2D eigenvalue weighted by Gasteiger charge is 2.09. The van der Waals surface area contributed by atoms with Crippen LogP contribution in [-0.2, 0) is 0 Å². The summed E-state index contributed by atoms with van der Waals surface area (Å²) in [6.45, 7) is 6.17. The number of nitrogens with one attached hydrogen (secondary N) is 1. The zero-order chi connectivity index (χ0) is 9.90. The first-order valence-corrected chi connectivity index (χ1v) is 4.21. The molecule has 1 N–H and O–H groups in total. The second-order valence-electron chi connectivity index (χ2n) is 3.97. The molecule has 1 heterocycles. The van der Waals surface area contributed by atoms with E-state index in [1.165, 1.54) is 0 Å². The Morgan fingerprint density at radius 3 is 2.46 bits per heavy atom. The number of aldehydes is 1. The highest BCUT2D eigenvalue weighted by atomic mass is 16.1. The van der Waals surface area contributed by atoms with Crippen LogP contribution < -0.4 is 5.32 Å². The monoisotopic (exact) mass is 178 g/mol. The fraction of sp³-hybridized carbons (Fsp3) is 0.400. The van der Waals surface area contributed by atoms with Crippen LogP contribution in [0.15, 0.2) is 18.3 Å². The molecule has 0 aliphatic carbocycles. The van der Waals surface area contributed by atoms with Gasteiger partial charge in [-0.1, -0.05) is 0 Å². The number of carbonyl (C=O) groups is 1. The summed E-state index contributed by atoms with van der Waals surface area (Å²) in [7, 11) is 0. The zero-order valence-corrected chi connectivity index (χ0v) is 8.16. The number of nitrogens with zero attached hydrogens (tertiary/aromatic N) is 1.